The van der Waals surface area contributed by atoms with Gasteiger partial charge in [-0.3, -0.25) is 20.6 Å². The minimum atomic E-state index is -0.978. The van der Waals surface area contributed by atoms with Crippen LogP contribution in [0.1, 0.15) is 25.0 Å². The number of nitrogens with one attached hydrogen (secondary N) is 2. The number of aliphatic hydroxyl groups is 1. The number of carbonyl (C=O) groups is 2. The van der Waals surface area contributed by atoms with E-state index in [0.717, 1.165) is 22.4 Å². The smallest absolute Gasteiger partial charge is 0.407 e. The number of hydrazine groups is 1. The summed E-state index contributed by atoms with van der Waals surface area (Å²) in [6.07, 6.45) is 3.68. The molecule has 2 amide bonds. The van der Waals surface area contributed by atoms with Crippen LogP contribution in [-0.4, -0.2) is 63.9 Å². The van der Waals surface area contributed by atoms with Gasteiger partial charge in [-0.1, -0.05) is 68.4 Å². The molecule has 0 spiro atoms. The number of hydrogen-bond acceptors (Lipinski definition) is 8. The SMILES string of the molecule is COC(=O)N[C@H](C(=O)NC(Cc1ccccc1)C(O)CN(N)Cc1ccc(-c2cnccn2)cc1)C(C)C.Cl. The molecule has 39 heavy (non-hydrogen) atoms. The summed E-state index contributed by atoms with van der Waals surface area (Å²) in [7, 11) is 1.24. The Morgan fingerprint density at radius 1 is 1.03 bits per heavy atom. The van der Waals surface area contributed by atoms with Crippen molar-refractivity contribution in [1.29, 1.82) is 0 Å². The first-order valence-electron chi connectivity index (χ1n) is 12.5. The molecule has 2 aromatic carbocycles. The first-order valence-corrected chi connectivity index (χ1v) is 12.5. The lowest BCUT2D eigenvalue weighted by molar-refractivity contribution is -0.125. The first-order chi connectivity index (χ1) is 18.3. The number of carbonyl (C=O) groups excluding carboxylic acids is 2. The number of benzene rings is 2. The number of alkyl carbamates (subject to hydrolysis) is 1. The van der Waals surface area contributed by atoms with Crippen LogP contribution in [0.4, 0.5) is 4.79 Å². The second-order valence-electron chi connectivity index (χ2n) is 9.45. The van der Waals surface area contributed by atoms with Gasteiger partial charge in [-0.15, -0.1) is 12.4 Å². The summed E-state index contributed by atoms with van der Waals surface area (Å²) < 4.78 is 4.66. The number of nitrogens with two attached hydrogens (primary N) is 1. The van der Waals surface area contributed by atoms with Crippen LogP contribution >= 0.6 is 12.4 Å². The fourth-order valence-electron chi connectivity index (χ4n) is 4.04. The van der Waals surface area contributed by atoms with E-state index >= 15 is 0 Å². The molecule has 0 radical (unpaired) electrons. The van der Waals surface area contributed by atoms with Crippen LogP contribution in [0.15, 0.2) is 73.2 Å². The summed E-state index contributed by atoms with van der Waals surface area (Å²) in [6.45, 7) is 4.14. The molecule has 3 atom stereocenters. The van der Waals surface area contributed by atoms with Crippen molar-refractivity contribution in [1.82, 2.24) is 25.6 Å². The quantitative estimate of drug-likeness (QED) is 0.197. The first kappa shape index (κ1) is 31.6. The Morgan fingerprint density at radius 3 is 2.31 bits per heavy atom. The fraction of sp³-hybridized carbons (Fsp3) is 0.357. The summed E-state index contributed by atoms with van der Waals surface area (Å²) in [5, 5.41) is 18.1. The minimum Gasteiger partial charge on any atom is -0.453 e. The topological polar surface area (TPSA) is 143 Å². The predicted molar refractivity (Wildman–Crippen MR) is 152 cm³/mol. The molecule has 0 aliphatic rings. The van der Waals surface area contributed by atoms with Gasteiger partial charge in [-0.05, 0) is 23.5 Å². The highest BCUT2D eigenvalue weighted by Gasteiger charge is 2.30. The van der Waals surface area contributed by atoms with E-state index in [2.05, 4.69) is 25.3 Å². The highest BCUT2D eigenvalue weighted by Crippen LogP contribution is 2.17. The third kappa shape index (κ3) is 9.92. The van der Waals surface area contributed by atoms with Crippen molar-refractivity contribution in [2.24, 2.45) is 11.8 Å². The van der Waals surface area contributed by atoms with E-state index in [4.69, 9.17) is 5.84 Å². The van der Waals surface area contributed by atoms with E-state index in [-0.39, 0.29) is 24.9 Å². The number of methoxy groups -OCH3 is 1. The third-order valence-electron chi connectivity index (χ3n) is 6.12. The zero-order valence-electron chi connectivity index (χ0n) is 22.4. The maximum atomic E-state index is 13.1. The summed E-state index contributed by atoms with van der Waals surface area (Å²) in [5.41, 5.74) is 3.62. The van der Waals surface area contributed by atoms with Crippen molar-refractivity contribution >= 4 is 24.4 Å². The second-order valence-corrected chi connectivity index (χ2v) is 9.45. The number of hydrogen-bond donors (Lipinski definition) is 4. The van der Waals surface area contributed by atoms with Crippen LogP contribution in [0, 0.1) is 5.92 Å². The second kappa shape index (κ2) is 15.7. The Kier molecular flexibility index (Phi) is 12.8. The van der Waals surface area contributed by atoms with Crippen molar-refractivity contribution in [3.8, 4) is 11.3 Å². The molecule has 0 aliphatic heterocycles. The zero-order valence-corrected chi connectivity index (χ0v) is 23.2. The van der Waals surface area contributed by atoms with Crippen molar-refractivity contribution in [2.45, 2.75) is 45.0 Å². The van der Waals surface area contributed by atoms with Gasteiger partial charge in [0.2, 0.25) is 5.91 Å². The lowest BCUT2D eigenvalue weighted by Crippen LogP contribution is -2.56. The fourth-order valence-corrected chi connectivity index (χ4v) is 4.04. The summed E-state index contributed by atoms with van der Waals surface area (Å²) in [6, 6.07) is 15.9. The maximum absolute atomic E-state index is 13.1. The van der Waals surface area contributed by atoms with Crippen LogP contribution in [0.5, 0.6) is 0 Å². The Balaban J connectivity index is 0.00000533. The molecule has 0 fully saturated rings. The van der Waals surface area contributed by atoms with E-state index in [0.29, 0.717) is 13.0 Å². The van der Waals surface area contributed by atoms with Gasteiger partial charge in [0, 0.05) is 31.0 Å². The minimum absolute atomic E-state index is 0. The number of aromatic nitrogens is 2. The third-order valence-corrected chi connectivity index (χ3v) is 6.12. The Bertz CT molecular complexity index is 1150. The molecule has 2 unspecified atom stereocenters. The maximum Gasteiger partial charge on any atom is 0.407 e. The van der Waals surface area contributed by atoms with E-state index in [9.17, 15) is 14.7 Å². The number of halogens is 1. The summed E-state index contributed by atoms with van der Waals surface area (Å²) >= 11 is 0. The number of ether oxygens (including phenoxy) is 1. The monoisotopic (exact) mass is 556 g/mol. The molecule has 3 aromatic rings. The highest BCUT2D eigenvalue weighted by atomic mass is 35.5. The Morgan fingerprint density at radius 2 is 1.72 bits per heavy atom. The van der Waals surface area contributed by atoms with Gasteiger partial charge < -0.3 is 20.5 Å². The van der Waals surface area contributed by atoms with Gasteiger partial charge in [-0.25, -0.2) is 9.80 Å². The summed E-state index contributed by atoms with van der Waals surface area (Å²) in [5.74, 6) is 5.67. The van der Waals surface area contributed by atoms with Crippen molar-refractivity contribution < 1.29 is 19.4 Å². The van der Waals surface area contributed by atoms with Crippen molar-refractivity contribution in [3.05, 3.63) is 84.3 Å². The molecule has 0 aliphatic carbocycles. The average molecular weight is 557 g/mol. The van der Waals surface area contributed by atoms with Crippen LogP contribution < -0.4 is 16.5 Å². The average Bonchev–Trinajstić information content (AvgIpc) is 2.92. The molecule has 1 aromatic heterocycles. The van der Waals surface area contributed by atoms with Crippen LogP contribution in [0.25, 0.3) is 11.3 Å². The molecule has 11 heteroatoms. The van der Waals surface area contributed by atoms with Gasteiger partial charge in [0.15, 0.2) is 0 Å². The lowest BCUT2D eigenvalue weighted by atomic mass is 9.98. The number of amides is 2. The molecule has 0 saturated heterocycles. The highest BCUT2D eigenvalue weighted by molar-refractivity contribution is 5.86. The molecule has 1 heterocycles. The molecule has 3 rings (SSSR count). The molecule has 5 N–H and O–H groups in total. The van der Waals surface area contributed by atoms with Gasteiger partial charge in [0.05, 0.1) is 31.1 Å². The van der Waals surface area contributed by atoms with Gasteiger partial charge in [-0.2, -0.15) is 0 Å². The van der Waals surface area contributed by atoms with Crippen molar-refractivity contribution in [2.75, 3.05) is 13.7 Å². The molecule has 0 bridgehead atoms. The number of nitrogens with zero attached hydrogens (tertiary/aromatic N) is 3. The number of rotatable bonds is 12. The molecular formula is C28H37ClN6O4. The standard InChI is InChI=1S/C28H36N6O4.ClH/c1-19(2)26(33-28(37)38-3)27(36)32-23(15-20-7-5-4-6-8-20)25(35)18-34(29)17-21-9-11-22(12-10-21)24-16-30-13-14-31-24;/h4-14,16,19,23,25-26,35H,15,17-18,29H2,1-3H3,(H,32,36)(H,33,37);1H/t23?,25?,26-;/m0./s1. The Hall–Kier alpha value is -3.57. The Labute approximate surface area is 235 Å². The molecule has 10 nitrogen and oxygen atoms in total. The van der Waals surface area contributed by atoms with Gasteiger partial charge in [0.25, 0.3) is 0 Å². The molecule has 210 valence electrons. The van der Waals surface area contributed by atoms with E-state index in [1.165, 1.54) is 12.1 Å². The van der Waals surface area contributed by atoms with E-state index in [1.54, 1.807) is 18.6 Å². The van der Waals surface area contributed by atoms with Gasteiger partial charge in [0.1, 0.15) is 6.04 Å². The molecular weight excluding hydrogens is 520 g/mol. The van der Waals surface area contributed by atoms with Crippen LogP contribution in [0.3, 0.4) is 0 Å². The number of aliphatic hydroxyl groups excluding tert-OH is 1. The predicted octanol–water partition coefficient (Wildman–Crippen LogP) is 2.71. The van der Waals surface area contributed by atoms with Crippen LogP contribution in [-0.2, 0) is 22.5 Å². The van der Waals surface area contributed by atoms with Crippen LogP contribution in [0.2, 0.25) is 0 Å². The normalized spacial score (nSPS) is 13.2. The lowest BCUT2D eigenvalue weighted by Gasteiger charge is -2.30. The molecule has 0 saturated carbocycles. The summed E-state index contributed by atoms with van der Waals surface area (Å²) in [4.78, 5) is 33.3. The van der Waals surface area contributed by atoms with Gasteiger partial charge >= 0.3 is 6.09 Å². The van der Waals surface area contributed by atoms with Crippen molar-refractivity contribution in [3.63, 3.8) is 0 Å². The van der Waals surface area contributed by atoms with E-state index < -0.39 is 30.2 Å². The van der Waals surface area contributed by atoms with E-state index in [1.807, 2.05) is 68.4 Å². The zero-order chi connectivity index (χ0) is 27.5. The largest absolute Gasteiger partial charge is 0.453 e.